The van der Waals surface area contributed by atoms with Crippen LogP contribution in [0.25, 0.3) is 0 Å². The van der Waals surface area contributed by atoms with Gasteiger partial charge >= 0.3 is 0 Å². The number of amides is 1. The second-order valence-electron chi connectivity index (χ2n) is 6.66. The highest BCUT2D eigenvalue weighted by Crippen LogP contribution is 2.35. The summed E-state index contributed by atoms with van der Waals surface area (Å²) >= 11 is 6.08. The first kappa shape index (κ1) is 21.4. The van der Waals surface area contributed by atoms with E-state index < -0.39 is 6.04 Å². The molecule has 1 amide bonds. The van der Waals surface area contributed by atoms with E-state index in [9.17, 15) is 4.79 Å². The molecular weight excluding hydrogens is 372 g/mol. The van der Waals surface area contributed by atoms with Crippen molar-refractivity contribution < 1.29 is 4.79 Å². The van der Waals surface area contributed by atoms with Gasteiger partial charge in [0.2, 0.25) is 0 Å². The summed E-state index contributed by atoms with van der Waals surface area (Å²) in [6.45, 7) is 9.82. The number of likely N-dealkylation sites (N-methyl/N-ethyl adjacent to an activating group) is 3. The first-order valence-electron chi connectivity index (χ1n) is 8.86. The molecule has 0 saturated heterocycles. The number of nitrogens with one attached hydrogen (secondary N) is 1. The van der Waals surface area contributed by atoms with E-state index >= 15 is 0 Å². The average molecular weight is 399 g/mol. The number of nitrogens with zero attached hydrogens (tertiary/aromatic N) is 2. The molecule has 28 heavy (non-hydrogen) atoms. The summed E-state index contributed by atoms with van der Waals surface area (Å²) < 4.78 is 0. The maximum absolute atomic E-state index is 12.8. The van der Waals surface area contributed by atoms with Crippen LogP contribution >= 0.6 is 11.6 Å². The predicted octanol–water partition coefficient (Wildman–Crippen LogP) is 3.70. The van der Waals surface area contributed by atoms with Gasteiger partial charge in [0.05, 0.1) is 17.3 Å². The zero-order valence-corrected chi connectivity index (χ0v) is 17.5. The Hall–Kier alpha value is -2.92. The van der Waals surface area contributed by atoms with Crippen molar-refractivity contribution in [3.05, 3.63) is 94.6 Å². The zero-order chi connectivity index (χ0) is 21.0. The van der Waals surface area contributed by atoms with Crippen LogP contribution in [0.4, 0.5) is 0 Å². The average Bonchev–Trinajstić information content (AvgIpc) is 2.69. The van der Waals surface area contributed by atoms with E-state index in [4.69, 9.17) is 17.3 Å². The van der Waals surface area contributed by atoms with Crippen molar-refractivity contribution in [2.45, 2.75) is 13.0 Å². The number of hydrogen-bond donors (Lipinski definition) is 2. The Bertz CT molecular complexity index is 880. The Labute approximate surface area is 172 Å². The predicted molar refractivity (Wildman–Crippen MR) is 116 cm³/mol. The smallest absolute Gasteiger partial charge is 0.251 e. The third kappa shape index (κ3) is 4.31. The fourth-order valence-electron chi connectivity index (χ4n) is 3.13. The molecule has 1 heterocycles. The van der Waals surface area contributed by atoms with E-state index in [1.807, 2.05) is 55.2 Å². The first-order valence-corrected chi connectivity index (χ1v) is 9.23. The number of carbonyl (C=O) groups is 1. The lowest BCUT2D eigenvalue weighted by molar-refractivity contribution is -0.117. The van der Waals surface area contributed by atoms with E-state index in [0.29, 0.717) is 16.3 Å². The van der Waals surface area contributed by atoms with E-state index in [0.717, 1.165) is 22.5 Å². The standard InChI is InChI=1S/C22H27ClN4O/c1-7-19(24)20(22(28)25-4)21(16-8-10-17(23)11-9-16)27(6)18-12-14(2)15(3)26(5)13-18/h7-13,21H,1,3,24H2,2,4-6H3,(H,25,28). The van der Waals surface area contributed by atoms with Crippen LogP contribution in [0, 0.1) is 0 Å². The van der Waals surface area contributed by atoms with Crippen molar-refractivity contribution in [1.29, 1.82) is 0 Å². The van der Waals surface area contributed by atoms with Gasteiger partial charge in [-0.05, 0) is 42.3 Å². The van der Waals surface area contributed by atoms with E-state index in [1.54, 1.807) is 19.2 Å². The summed E-state index contributed by atoms with van der Waals surface area (Å²) in [4.78, 5) is 16.7. The minimum absolute atomic E-state index is 0.265. The van der Waals surface area contributed by atoms with Crippen LogP contribution in [0.5, 0.6) is 0 Å². The SMILES string of the molecule is C=CC(N)=C(C(=O)NC)C(c1ccc(Cl)cc1)N(C)C1=CN(C)C(=C)C(C)=C1. The monoisotopic (exact) mass is 398 g/mol. The van der Waals surface area contributed by atoms with Gasteiger partial charge in [-0.2, -0.15) is 0 Å². The van der Waals surface area contributed by atoms with Crippen molar-refractivity contribution in [3.8, 4) is 0 Å². The van der Waals surface area contributed by atoms with Crippen LogP contribution in [0.1, 0.15) is 18.5 Å². The third-order valence-electron chi connectivity index (χ3n) is 4.83. The van der Waals surface area contributed by atoms with Gasteiger partial charge in [-0.15, -0.1) is 0 Å². The normalized spacial score (nSPS) is 15.9. The van der Waals surface area contributed by atoms with Crippen LogP contribution in [0.2, 0.25) is 5.02 Å². The number of rotatable bonds is 6. The van der Waals surface area contributed by atoms with Crippen LogP contribution in [0.3, 0.4) is 0 Å². The maximum Gasteiger partial charge on any atom is 0.251 e. The fraction of sp³-hybridized carbons (Fsp3) is 0.227. The molecule has 0 fully saturated rings. The van der Waals surface area contributed by atoms with Gasteiger partial charge in [0, 0.05) is 43.8 Å². The van der Waals surface area contributed by atoms with Gasteiger partial charge in [-0.1, -0.05) is 36.9 Å². The highest BCUT2D eigenvalue weighted by Gasteiger charge is 2.30. The number of allylic oxidation sites excluding steroid dienone is 3. The molecule has 2 rings (SSSR count). The molecule has 6 heteroatoms. The molecule has 1 aromatic carbocycles. The summed E-state index contributed by atoms with van der Waals surface area (Å²) in [6, 6.07) is 6.95. The molecule has 148 valence electrons. The van der Waals surface area contributed by atoms with Crippen LogP contribution in [-0.2, 0) is 4.79 Å². The number of halogens is 1. The van der Waals surface area contributed by atoms with Crippen LogP contribution in [-0.4, -0.2) is 36.9 Å². The second kappa shape index (κ2) is 8.85. The molecule has 0 spiro atoms. The Balaban J connectivity index is 2.66. The molecule has 1 atom stereocenters. The lowest BCUT2D eigenvalue weighted by atomic mass is 9.93. The molecule has 0 radical (unpaired) electrons. The van der Waals surface area contributed by atoms with Crippen molar-refractivity contribution in [2.24, 2.45) is 5.73 Å². The van der Waals surface area contributed by atoms with Gasteiger partial charge in [-0.3, -0.25) is 4.79 Å². The fourth-order valence-corrected chi connectivity index (χ4v) is 3.25. The van der Waals surface area contributed by atoms with Crippen molar-refractivity contribution >= 4 is 17.5 Å². The summed E-state index contributed by atoms with van der Waals surface area (Å²) in [7, 11) is 5.45. The van der Waals surface area contributed by atoms with Gasteiger partial charge in [0.15, 0.2) is 0 Å². The summed E-state index contributed by atoms with van der Waals surface area (Å²) in [5.74, 6) is -0.265. The van der Waals surface area contributed by atoms with Crippen LogP contribution < -0.4 is 11.1 Å². The van der Waals surface area contributed by atoms with Gasteiger partial charge in [0.1, 0.15) is 0 Å². The number of benzene rings is 1. The van der Waals surface area contributed by atoms with E-state index in [1.165, 1.54) is 6.08 Å². The maximum atomic E-state index is 12.8. The summed E-state index contributed by atoms with van der Waals surface area (Å²) in [5.41, 5.74) is 10.7. The minimum atomic E-state index is -0.440. The zero-order valence-electron chi connectivity index (χ0n) is 16.8. The largest absolute Gasteiger partial charge is 0.398 e. The van der Waals surface area contributed by atoms with Crippen LogP contribution in [0.15, 0.2) is 84.0 Å². The van der Waals surface area contributed by atoms with Crippen molar-refractivity contribution in [2.75, 3.05) is 21.1 Å². The van der Waals surface area contributed by atoms with Crippen molar-refractivity contribution in [1.82, 2.24) is 15.1 Å². The second-order valence-corrected chi connectivity index (χ2v) is 7.09. The molecule has 0 bridgehead atoms. The Morgan fingerprint density at radius 1 is 1.36 bits per heavy atom. The molecule has 1 unspecified atom stereocenters. The highest BCUT2D eigenvalue weighted by atomic mass is 35.5. The number of hydrogen-bond acceptors (Lipinski definition) is 4. The van der Waals surface area contributed by atoms with E-state index in [-0.39, 0.29) is 5.91 Å². The molecule has 1 aliphatic rings. The molecule has 1 aromatic rings. The van der Waals surface area contributed by atoms with Crippen molar-refractivity contribution in [3.63, 3.8) is 0 Å². The number of nitrogens with two attached hydrogens (primary N) is 1. The number of carbonyl (C=O) groups excluding carboxylic acids is 1. The van der Waals surface area contributed by atoms with Gasteiger partial charge < -0.3 is 20.9 Å². The quantitative estimate of drug-likeness (QED) is 0.566. The lowest BCUT2D eigenvalue weighted by Crippen LogP contribution is -2.35. The molecule has 5 nitrogen and oxygen atoms in total. The molecule has 3 N–H and O–H groups in total. The molecule has 0 saturated carbocycles. The first-order chi connectivity index (χ1) is 13.2. The topological polar surface area (TPSA) is 61.6 Å². The molecule has 0 aliphatic carbocycles. The highest BCUT2D eigenvalue weighted by molar-refractivity contribution is 6.30. The third-order valence-corrected chi connectivity index (χ3v) is 5.08. The van der Waals surface area contributed by atoms with E-state index in [2.05, 4.69) is 18.5 Å². The lowest BCUT2D eigenvalue weighted by Gasteiger charge is -2.36. The van der Waals surface area contributed by atoms with Gasteiger partial charge in [0.25, 0.3) is 5.91 Å². The minimum Gasteiger partial charge on any atom is -0.398 e. The molecule has 1 aliphatic heterocycles. The molecule has 0 aromatic heterocycles. The molecular formula is C22H27ClN4O. The Morgan fingerprint density at radius 3 is 2.46 bits per heavy atom. The Kier molecular flexibility index (Phi) is 6.75. The Morgan fingerprint density at radius 2 is 1.96 bits per heavy atom. The van der Waals surface area contributed by atoms with Gasteiger partial charge in [-0.25, -0.2) is 0 Å². The summed E-state index contributed by atoms with van der Waals surface area (Å²) in [6.07, 6.45) is 5.51. The summed E-state index contributed by atoms with van der Waals surface area (Å²) in [5, 5.41) is 3.31.